The maximum Gasteiger partial charge on any atom is 0.254 e. The first-order chi connectivity index (χ1) is 13.5. The van der Waals surface area contributed by atoms with Gasteiger partial charge in [-0.2, -0.15) is 0 Å². The molecule has 1 aromatic heterocycles. The molecule has 150 valence electrons. The monoisotopic (exact) mass is 400 g/mol. The molecule has 6 heteroatoms. The molecule has 0 aromatic carbocycles. The topological polar surface area (TPSA) is 57.7 Å². The minimum Gasteiger partial charge on any atom is -0.338 e. The van der Waals surface area contributed by atoms with Crippen LogP contribution in [0.2, 0.25) is 0 Å². The van der Waals surface area contributed by atoms with Crippen molar-refractivity contribution < 1.29 is 14.4 Å². The van der Waals surface area contributed by atoms with E-state index in [-0.39, 0.29) is 23.6 Å². The number of thiophene rings is 1. The normalized spacial score (nSPS) is 25.1. The SMILES string of the molecule is CC(=O)c1cc(C(=O)N2CC[C@H]3[C@H](CCCN3C(=O)C3=CCCCC3)C2)cs1. The van der Waals surface area contributed by atoms with Crippen LogP contribution in [0.4, 0.5) is 0 Å². The highest BCUT2D eigenvalue weighted by atomic mass is 32.1. The predicted octanol–water partition coefficient (Wildman–Crippen LogP) is 3.90. The number of hydrogen-bond acceptors (Lipinski definition) is 4. The standard InChI is InChI=1S/C22H28N2O3S/c1-15(25)20-12-18(14-28-20)21(26)23-11-9-19-17(13-23)8-5-10-24(19)22(27)16-6-3-2-4-7-16/h6,12,14,17,19H,2-5,7-11,13H2,1H3/t17-,19+/m1/s1. The summed E-state index contributed by atoms with van der Waals surface area (Å²) in [6.07, 6.45) is 9.30. The van der Waals surface area contributed by atoms with Gasteiger partial charge >= 0.3 is 0 Å². The lowest BCUT2D eigenvalue weighted by atomic mass is 9.83. The highest BCUT2D eigenvalue weighted by molar-refractivity contribution is 7.12. The van der Waals surface area contributed by atoms with Gasteiger partial charge in [-0.25, -0.2) is 0 Å². The number of amides is 2. The Bertz CT molecular complexity index is 812. The van der Waals surface area contributed by atoms with E-state index in [2.05, 4.69) is 11.0 Å². The van der Waals surface area contributed by atoms with Gasteiger partial charge in [-0.15, -0.1) is 11.3 Å². The first-order valence-electron chi connectivity index (χ1n) is 10.4. The molecule has 3 aliphatic rings. The minimum atomic E-state index is 0.00112. The molecule has 1 aliphatic carbocycles. The zero-order chi connectivity index (χ0) is 19.7. The van der Waals surface area contributed by atoms with Crippen LogP contribution in [0.25, 0.3) is 0 Å². The lowest BCUT2D eigenvalue weighted by Gasteiger charge is -2.47. The Balaban J connectivity index is 1.43. The van der Waals surface area contributed by atoms with Crippen LogP contribution < -0.4 is 0 Å². The number of hydrogen-bond donors (Lipinski definition) is 0. The summed E-state index contributed by atoms with van der Waals surface area (Å²) in [5.74, 6) is 0.602. The van der Waals surface area contributed by atoms with Gasteiger partial charge in [0, 0.05) is 36.6 Å². The molecule has 2 amide bonds. The summed E-state index contributed by atoms with van der Waals surface area (Å²) in [6, 6.07) is 1.97. The molecular weight excluding hydrogens is 372 g/mol. The second kappa shape index (κ2) is 8.19. The summed E-state index contributed by atoms with van der Waals surface area (Å²) in [6.45, 7) is 3.75. The molecule has 0 radical (unpaired) electrons. The summed E-state index contributed by atoms with van der Waals surface area (Å²) in [5, 5.41) is 1.79. The summed E-state index contributed by atoms with van der Waals surface area (Å²) in [5.41, 5.74) is 1.62. The second-order valence-corrected chi connectivity index (χ2v) is 9.15. The Morgan fingerprint density at radius 1 is 1.07 bits per heavy atom. The zero-order valence-corrected chi connectivity index (χ0v) is 17.3. The number of ketones is 1. The first-order valence-corrected chi connectivity index (χ1v) is 11.3. The van der Waals surface area contributed by atoms with Crippen molar-refractivity contribution in [2.45, 2.75) is 57.9 Å². The van der Waals surface area contributed by atoms with Gasteiger partial charge in [0.2, 0.25) is 5.91 Å². The molecular formula is C22H28N2O3S. The third kappa shape index (κ3) is 3.79. The van der Waals surface area contributed by atoms with Crippen LogP contribution in [-0.2, 0) is 4.79 Å². The van der Waals surface area contributed by atoms with Crippen molar-refractivity contribution in [3.8, 4) is 0 Å². The fourth-order valence-corrected chi connectivity index (χ4v) is 5.66. The average molecular weight is 401 g/mol. The van der Waals surface area contributed by atoms with Crippen molar-refractivity contribution in [2.24, 2.45) is 5.92 Å². The Morgan fingerprint density at radius 3 is 2.64 bits per heavy atom. The van der Waals surface area contributed by atoms with Gasteiger partial charge in [-0.3, -0.25) is 14.4 Å². The van der Waals surface area contributed by atoms with Crippen LogP contribution in [0.5, 0.6) is 0 Å². The van der Waals surface area contributed by atoms with Crippen molar-refractivity contribution in [2.75, 3.05) is 19.6 Å². The molecule has 1 aromatic rings. The Kier molecular flexibility index (Phi) is 5.67. The van der Waals surface area contributed by atoms with Gasteiger partial charge in [-0.05, 0) is 63.9 Å². The van der Waals surface area contributed by atoms with Crippen molar-refractivity contribution >= 4 is 28.9 Å². The molecule has 28 heavy (non-hydrogen) atoms. The molecule has 0 bridgehead atoms. The molecule has 5 nitrogen and oxygen atoms in total. The molecule has 0 unspecified atom stereocenters. The van der Waals surface area contributed by atoms with Crippen LogP contribution in [0.1, 0.15) is 71.9 Å². The summed E-state index contributed by atoms with van der Waals surface area (Å²) >= 11 is 1.34. The van der Waals surface area contributed by atoms with Gasteiger partial charge in [0.15, 0.2) is 5.78 Å². The Labute approximate surface area is 170 Å². The van der Waals surface area contributed by atoms with E-state index < -0.39 is 0 Å². The molecule has 3 heterocycles. The number of Topliss-reactive ketones (excluding diaryl/α,β-unsaturated/α-hetero) is 1. The number of carbonyl (C=O) groups excluding carboxylic acids is 3. The van der Waals surface area contributed by atoms with Crippen molar-refractivity contribution in [3.05, 3.63) is 33.5 Å². The number of rotatable bonds is 3. The number of piperidine rings is 2. The van der Waals surface area contributed by atoms with Gasteiger partial charge < -0.3 is 9.80 Å². The van der Waals surface area contributed by atoms with Gasteiger partial charge in [0.05, 0.1) is 10.4 Å². The molecule has 2 fully saturated rings. The van der Waals surface area contributed by atoms with E-state index >= 15 is 0 Å². The zero-order valence-electron chi connectivity index (χ0n) is 16.5. The van der Waals surface area contributed by atoms with E-state index in [1.165, 1.54) is 24.7 Å². The third-order valence-electron chi connectivity index (χ3n) is 6.38. The van der Waals surface area contributed by atoms with Gasteiger partial charge in [0.1, 0.15) is 0 Å². The predicted molar refractivity (Wildman–Crippen MR) is 110 cm³/mol. The Morgan fingerprint density at radius 2 is 1.93 bits per heavy atom. The van der Waals surface area contributed by atoms with Crippen molar-refractivity contribution in [3.63, 3.8) is 0 Å². The molecule has 2 saturated heterocycles. The number of likely N-dealkylation sites (tertiary alicyclic amines) is 2. The third-order valence-corrected chi connectivity index (χ3v) is 7.41. The number of allylic oxidation sites excluding steroid dienone is 1. The smallest absolute Gasteiger partial charge is 0.254 e. The maximum absolute atomic E-state index is 13.1. The first kappa shape index (κ1) is 19.4. The largest absolute Gasteiger partial charge is 0.338 e. The lowest BCUT2D eigenvalue weighted by Crippen LogP contribution is -2.56. The van der Waals surface area contributed by atoms with Crippen molar-refractivity contribution in [1.82, 2.24) is 9.80 Å². The van der Waals surface area contributed by atoms with Crippen molar-refractivity contribution in [1.29, 1.82) is 0 Å². The highest BCUT2D eigenvalue weighted by Crippen LogP contribution is 2.33. The van der Waals surface area contributed by atoms with E-state index in [1.54, 1.807) is 11.4 Å². The second-order valence-electron chi connectivity index (χ2n) is 8.24. The van der Waals surface area contributed by atoms with E-state index in [0.29, 0.717) is 29.4 Å². The number of carbonyl (C=O) groups is 3. The fraction of sp³-hybridized carbons (Fsp3) is 0.591. The molecule has 0 spiro atoms. The lowest BCUT2D eigenvalue weighted by molar-refractivity contribution is -0.134. The van der Waals surface area contributed by atoms with E-state index in [4.69, 9.17) is 0 Å². The minimum absolute atomic E-state index is 0.00112. The summed E-state index contributed by atoms with van der Waals surface area (Å²) in [4.78, 5) is 42.1. The Hall–Kier alpha value is -1.95. The van der Waals surface area contributed by atoms with E-state index in [9.17, 15) is 14.4 Å². The molecule has 2 aliphatic heterocycles. The van der Waals surface area contributed by atoms with Crippen LogP contribution >= 0.6 is 11.3 Å². The maximum atomic E-state index is 13.1. The van der Waals surface area contributed by atoms with Gasteiger partial charge in [-0.1, -0.05) is 6.08 Å². The number of nitrogens with zero attached hydrogens (tertiary/aromatic N) is 2. The molecule has 0 saturated carbocycles. The number of fused-ring (bicyclic) bond motifs is 1. The van der Waals surface area contributed by atoms with Crippen LogP contribution in [-0.4, -0.2) is 53.1 Å². The van der Waals surface area contributed by atoms with E-state index in [0.717, 1.165) is 50.6 Å². The summed E-state index contributed by atoms with van der Waals surface area (Å²) in [7, 11) is 0. The van der Waals surface area contributed by atoms with Gasteiger partial charge in [0.25, 0.3) is 5.91 Å². The average Bonchev–Trinajstić information content (AvgIpc) is 3.23. The van der Waals surface area contributed by atoms with Crippen LogP contribution in [0.3, 0.4) is 0 Å². The van der Waals surface area contributed by atoms with E-state index in [1.807, 2.05) is 4.90 Å². The molecule has 0 N–H and O–H groups in total. The molecule has 4 rings (SSSR count). The quantitative estimate of drug-likeness (QED) is 0.723. The molecule has 2 atom stereocenters. The van der Waals surface area contributed by atoms with Crippen LogP contribution in [0.15, 0.2) is 23.1 Å². The highest BCUT2D eigenvalue weighted by Gasteiger charge is 2.40. The fourth-order valence-electron chi connectivity index (χ4n) is 4.87. The van der Waals surface area contributed by atoms with Crippen LogP contribution in [0, 0.1) is 5.92 Å². The summed E-state index contributed by atoms with van der Waals surface area (Å²) < 4.78 is 0.